The molecule has 1 aromatic heterocycles. The molecule has 0 amide bonds. The zero-order valence-electron chi connectivity index (χ0n) is 6.76. The number of pyridine rings is 1. The van der Waals surface area contributed by atoms with Crippen molar-refractivity contribution in [2.75, 3.05) is 0 Å². The summed E-state index contributed by atoms with van der Waals surface area (Å²) < 4.78 is 1.50. The summed E-state index contributed by atoms with van der Waals surface area (Å²) >= 11 is 11.2. The molecule has 1 aromatic carbocycles. The second-order valence-corrected chi connectivity index (χ2v) is 5.19. The van der Waals surface area contributed by atoms with Gasteiger partial charge >= 0.3 is 0 Å². The molecule has 0 aliphatic carbocycles. The second kappa shape index (κ2) is 3.83. The highest BCUT2D eigenvalue weighted by Gasteiger charge is 2.09. The lowest BCUT2D eigenvalue weighted by atomic mass is 10.2. The van der Waals surface area contributed by atoms with Crippen molar-refractivity contribution in [3.8, 4) is 5.75 Å². The average molecular weight is 384 g/mol. The minimum Gasteiger partial charge on any atom is -0.506 e. The number of halogens is 3. The van der Waals surface area contributed by atoms with Gasteiger partial charge in [0.1, 0.15) is 5.75 Å². The van der Waals surface area contributed by atoms with Gasteiger partial charge in [0.05, 0.1) is 9.09 Å². The van der Waals surface area contributed by atoms with Gasteiger partial charge < -0.3 is 5.11 Å². The molecular formula is C9H4BrClINO. The van der Waals surface area contributed by atoms with Crippen molar-refractivity contribution in [2.24, 2.45) is 0 Å². The van der Waals surface area contributed by atoms with Crippen LogP contribution in [0.5, 0.6) is 5.75 Å². The number of fused-ring (bicyclic) bond motifs is 1. The molecular weight excluding hydrogens is 380 g/mol. The zero-order chi connectivity index (χ0) is 10.3. The van der Waals surface area contributed by atoms with Crippen LogP contribution in [-0.2, 0) is 0 Å². The van der Waals surface area contributed by atoms with Gasteiger partial charge in [-0.1, -0.05) is 11.6 Å². The van der Waals surface area contributed by atoms with Crippen molar-refractivity contribution < 1.29 is 5.11 Å². The van der Waals surface area contributed by atoms with E-state index in [0.717, 1.165) is 4.47 Å². The van der Waals surface area contributed by atoms with Gasteiger partial charge in [0, 0.05) is 21.1 Å². The molecule has 0 saturated carbocycles. The molecule has 0 bridgehead atoms. The Kier molecular flexibility index (Phi) is 2.86. The Morgan fingerprint density at radius 2 is 2.14 bits per heavy atom. The molecule has 0 saturated heterocycles. The predicted molar refractivity (Wildman–Crippen MR) is 68.8 cm³/mol. The van der Waals surface area contributed by atoms with E-state index in [0.29, 0.717) is 19.5 Å². The van der Waals surface area contributed by atoms with Crippen LogP contribution in [0.25, 0.3) is 10.9 Å². The van der Waals surface area contributed by atoms with Crippen molar-refractivity contribution in [3.63, 3.8) is 0 Å². The fourth-order valence-electron chi connectivity index (χ4n) is 1.19. The van der Waals surface area contributed by atoms with Crippen molar-refractivity contribution in [1.82, 2.24) is 4.98 Å². The Morgan fingerprint density at radius 3 is 2.86 bits per heavy atom. The molecule has 1 heterocycles. The zero-order valence-corrected chi connectivity index (χ0v) is 11.3. The summed E-state index contributed by atoms with van der Waals surface area (Å²) in [5, 5.41) is 11.0. The van der Waals surface area contributed by atoms with Crippen LogP contribution in [0, 0.1) is 3.57 Å². The second-order valence-electron chi connectivity index (χ2n) is 2.74. The lowest BCUT2D eigenvalue weighted by Crippen LogP contribution is -1.84. The quantitative estimate of drug-likeness (QED) is 0.698. The summed E-state index contributed by atoms with van der Waals surface area (Å²) in [6.45, 7) is 0. The van der Waals surface area contributed by atoms with Crippen LogP contribution in [-0.4, -0.2) is 10.1 Å². The van der Waals surface area contributed by atoms with Crippen molar-refractivity contribution in [1.29, 1.82) is 0 Å². The fourth-order valence-corrected chi connectivity index (χ4v) is 2.53. The number of nitrogens with zero attached hydrogens (tertiary/aromatic N) is 1. The summed E-state index contributed by atoms with van der Waals surface area (Å²) in [6.07, 6.45) is 1.62. The Morgan fingerprint density at radius 1 is 1.43 bits per heavy atom. The first-order valence-electron chi connectivity index (χ1n) is 3.72. The van der Waals surface area contributed by atoms with Gasteiger partial charge in [-0.3, -0.25) is 4.98 Å². The van der Waals surface area contributed by atoms with Crippen LogP contribution < -0.4 is 0 Å². The van der Waals surface area contributed by atoms with E-state index in [1.807, 2.05) is 22.6 Å². The summed E-state index contributed by atoms with van der Waals surface area (Å²) in [5.41, 5.74) is 0.715. The number of benzene rings is 1. The van der Waals surface area contributed by atoms with Crippen LogP contribution in [0.4, 0.5) is 0 Å². The maximum absolute atomic E-state index is 9.78. The predicted octanol–water partition coefficient (Wildman–Crippen LogP) is 3.96. The van der Waals surface area contributed by atoms with E-state index in [9.17, 15) is 5.11 Å². The maximum atomic E-state index is 9.78. The lowest BCUT2D eigenvalue weighted by molar-refractivity contribution is 0.477. The van der Waals surface area contributed by atoms with Crippen LogP contribution in [0.1, 0.15) is 0 Å². The van der Waals surface area contributed by atoms with E-state index in [1.165, 1.54) is 0 Å². The monoisotopic (exact) mass is 383 g/mol. The standard InChI is InChI=1S/C9H4BrClINO/c10-6-2-4(11)1-5-8(6)13-3-7(12)9(5)14/h1-3H,(H,13,14). The van der Waals surface area contributed by atoms with Gasteiger partial charge in [-0.15, -0.1) is 0 Å². The SMILES string of the molecule is Oc1c(I)cnc2c(Br)cc(Cl)cc12. The Labute approximate surface area is 108 Å². The van der Waals surface area contributed by atoms with Gasteiger partial charge in [-0.2, -0.15) is 0 Å². The molecule has 0 aliphatic rings. The smallest absolute Gasteiger partial charge is 0.139 e. The molecule has 2 aromatic rings. The van der Waals surface area contributed by atoms with Crippen LogP contribution in [0.15, 0.2) is 22.8 Å². The lowest BCUT2D eigenvalue weighted by Gasteiger charge is -2.04. The van der Waals surface area contributed by atoms with Crippen LogP contribution in [0.3, 0.4) is 0 Å². The third-order valence-corrected chi connectivity index (χ3v) is 3.43. The van der Waals surface area contributed by atoms with Gasteiger partial charge in [0.15, 0.2) is 0 Å². The number of hydrogen-bond acceptors (Lipinski definition) is 2. The Hall–Kier alpha value is -0.0700. The first kappa shape index (κ1) is 10.4. The highest BCUT2D eigenvalue weighted by Crippen LogP contribution is 2.34. The maximum Gasteiger partial charge on any atom is 0.139 e. The van der Waals surface area contributed by atoms with Gasteiger partial charge in [-0.05, 0) is 50.7 Å². The Bertz CT molecular complexity index is 518. The molecule has 0 atom stereocenters. The molecule has 0 radical (unpaired) electrons. The van der Waals surface area contributed by atoms with Crippen molar-refractivity contribution in [3.05, 3.63) is 31.4 Å². The average Bonchev–Trinajstić information content (AvgIpc) is 2.12. The van der Waals surface area contributed by atoms with E-state index in [2.05, 4.69) is 20.9 Å². The topological polar surface area (TPSA) is 33.1 Å². The van der Waals surface area contributed by atoms with E-state index >= 15 is 0 Å². The molecule has 1 N–H and O–H groups in total. The number of aromatic hydroxyl groups is 1. The van der Waals surface area contributed by atoms with Crippen LogP contribution in [0.2, 0.25) is 5.02 Å². The summed E-state index contributed by atoms with van der Waals surface area (Å²) in [6, 6.07) is 3.45. The minimum atomic E-state index is 0.221. The van der Waals surface area contributed by atoms with Gasteiger partial charge in [0.2, 0.25) is 0 Å². The van der Waals surface area contributed by atoms with E-state index in [1.54, 1.807) is 18.3 Å². The van der Waals surface area contributed by atoms with E-state index in [-0.39, 0.29) is 5.75 Å². The van der Waals surface area contributed by atoms with Crippen LogP contribution >= 0.6 is 50.1 Å². The number of aromatic nitrogens is 1. The van der Waals surface area contributed by atoms with E-state index < -0.39 is 0 Å². The largest absolute Gasteiger partial charge is 0.506 e. The third kappa shape index (κ3) is 1.70. The summed E-state index contributed by atoms with van der Waals surface area (Å²) in [7, 11) is 0. The minimum absolute atomic E-state index is 0.221. The summed E-state index contributed by atoms with van der Waals surface area (Å²) in [5.74, 6) is 0.221. The highest BCUT2D eigenvalue weighted by molar-refractivity contribution is 14.1. The molecule has 0 fully saturated rings. The summed E-state index contributed by atoms with van der Waals surface area (Å²) in [4.78, 5) is 4.21. The first-order chi connectivity index (χ1) is 6.59. The molecule has 14 heavy (non-hydrogen) atoms. The fraction of sp³-hybridized carbons (Fsp3) is 0. The van der Waals surface area contributed by atoms with Gasteiger partial charge in [0.25, 0.3) is 0 Å². The first-order valence-corrected chi connectivity index (χ1v) is 5.97. The molecule has 0 spiro atoms. The molecule has 2 rings (SSSR count). The molecule has 5 heteroatoms. The van der Waals surface area contributed by atoms with Gasteiger partial charge in [-0.25, -0.2) is 0 Å². The van der Waals surface area contributed by atoms with Crippen molar-refractivity contribution >= 4 is 61.0 Å². The number of hydrogen-bond donors (Lipinski definition) is 1. The Balaban J connectivity index is 2.95. The normalized spacial score (nSPS) is 10.8. The van der Waals surface area contributed by atoms with Crippen molar-refractivity contribution in [2.45, 2.75) is 0 Å². The highest BCUT2D eigenvalue weighted by atomic mass is 127. The third-order valence-electron chi connectivity index (χ3n) is 1.82. The molecule has 0 aliphatic heterocycles. The molecule has 72 valence electrons. The molecule has 0 unspecified atom stereocenters. The molecule has 2 nitrogen and oxygen atoms in total. The number of rotatable bonds is 0. The van der Waals surface area contributed by atoms with E-state index in [4.69, 9.17) is 11.6 Å².